The van der Waals surface area contributed by atoms with Gasteiger partial charge in [-0.25, -0.2) is 0 Å². The fraction of sp³-hybridized carbons (Fsp3) is 0.758. The number of fused-ring (bicyclic) bond motifs is 5. The SMILES string of the molecule is C[C@]12CC[C@@H]3c4ccc(OS(=O)(=O)C(F)(F)F)cc4CC[C@H]3[C@@H]1CC[C@@H]2C(=O)N(C(=S)NC1CCCCC1)C1CCCCC1. The first-order chi connectivity index (χ1) is 20.9. The van der Waals surface area contributed by atoms with E-state index in [1.54, 1.807) is 6.07 Å². The van der Waals surface area contributed by atoms with Crippen LogP contribution in [0.4, 0.5) is 13.2 Å². The molecule has 6 rings (SSSR count). The smallest absolute Gasteiger partial charge is 0.376 e. The lowest BCUT2D eigenvalue weighted by Crippen LogP contribution is -2.56. The standard InChI is InChI=1S/C33H45F3N2O4S2/c1-32-19-18-26-25-15-13-24(42-44(40,41)33(34,35)36)20-21(25)12-14-27(26)28(32)16-17-29(32)30(39)38(23-10-6-3-7-11-23)31(43)37-22-8-4-2-5-9-22/h13,15,20,22-23,26-29H,2-12,14,16-19H2,1H3,(H,37,43)/t26-,27-,28+,29-,32+/m1/s1. The van der Waals surface area contributed by atoms with E-state index >= 15 is 0 Å². The minimum atomic E-state index is -5.71. The fourth-order valence-electron chi connectivity index (χ4n) is 9.63. The number of halogens is 3. The normalized spacial score (nSPS) is 31.4. The third-order valence-electron chi connectivity index (χ3n) is 11.8. The highest BCUT2D eigenvalue weighted by Crippen LogP contribution is 2.63. The molecular weight excluding hydrogens is 610 g/mol. The van der Waals surface area contributed by atoms with E-state index in [1.807, 2.05) is 4.90 Å². The average molecular weight is 655 g/mol. The van der Waals surface area contributed by atoms with Crippen LogP contribution in [-0.2, 0) is 21.3 Å². The third-order valence-corrected chi connectivity index (χ3v) is 13.1. The lowest BCUT2D eigenvalue weighted by molar-refractivity contribution is -0.139. The van der Waals surface area contributed by atoms with Gasteiger partial charge in [-0.15, -0.1) is 0 Å². The Morgan fingerprint density at radius 1 is 0.977 bits per heavy atom. The van der Waals surface area contributed by atoms with Crippen molar-refractivity contribution in [2.45, 2.75) is 133 Å². The topological polar surface area (TPSA) is 75.7 Å². The Morgan fingerprint density at radius 2 is 1.66 bits per heavy atom. The molecule has 0 spiro atoms. The highest BCUT2D eigenvalue weighted by atomic mass is 32.2. The van der Waals surface area contributed by atoms with Gasteiger partial charge in [0.1, 0.15) is 5.75 Å². The first-order valence-electron chi connectivity index (χ1n) is 16.7. The molecule has 0 heterocycles. The molecule has 44 heavy (non-hydrogen) atoms. The number of thiocarbonyl (C=S) groups is 1. The van der Waals surface area contributed by atoms with E-state index in [0.717, 1.165) is 81.8 Å². The summed E-state index contributed by atoms with van der Waals surface area (Å²) < 4.78 is 66.2. The van der Waals surface area contributed by atoms with Crippen LogP contribution in [0.15, 0.2) is 18.2 Å². The van der Waals surface area contributed by atoms with Gasteiger partial charge >= 0.3 is 15.6 Å². The van der Waals surface area contributed by atoms with E-state index in [2.05, 4.69) is 16.4 Å². The predicted octanol–water partition coefficient (Wildman–Crippen LogP) is 7.76. The molecule has 1 amide bonds. The average Bonchev–Trinajstić information content (AvgIpc) is 3.34. The molecule has 0 aliphatic heterocycles. The van der Waals surface area contributed by atoms with Crippen molar-refractivity contribution in [3.05, 3.63) is 29.3 Å². The summed E-state index contributed by atoms with van der Waals surface area (Å²) in [4.78, 5) is 16.6. The van der Waals surface area contributed by atoms with Crippen LogP contribution in [0, 0.1) is 23.2 Å². The Morgan fingerprint density at radius 3 is 2.34 bits per heavy atom. The maximum atomic E-state index is 14.6. The second kappa shape index (κ2) is 12.4. The molecule has 6 nitrogen and oxygen atoms in total. The Hall–Kier alpha value is -1.88. The first-order valence-corrected chi connectivity index (χ1v) is 18.5. The number of hydrogen-bond donors (Lipinski definition) is 1. The minimum Gasteiger partial charge on any atom is -0.376 e. The summed E-state index contributed by atoms with van der Waals surface area (Å²) in [6.07, 6.45) is 16.5. The zero-order valence-electron chi connectivity index (χ0n) is 25.5. The molecule has 1 aromatic rings. The Labute approximate surface area is 265 Å². The minimum absolute atomic E-state index is 0.0776. The number of aryl methyl sites for hydroxylation is 1. The summed E-state index contributed by atoms with van der Waals surface area (Å²) in [5.74, 6) is 0.816. The number of nitrogens with zero attached hydrogens (tertiary/aromatic N) is 1. The van der Waals surface area contributed by atoms with E-state index < -0.39 is 15.6 Å². The Kier molecular flexibility index (Phi) is 9.02. The monoisotopic (exact) mass is 654 g/mol. The van der Waals surface area contributed by atoms with Crippen molar-refractivity contribution in [3.8, 4) is 5.75 Å². The molecule has 0 radical (unpaired) electrons. The number of nitrogens with one attached hydrogen (secondary N) is 1. The van der Waals surface area contributed by atoms with Crippen molar-refractivity contribution < 1.29 is 30.6 Å². The molecule has 5 atom stereocenters. The largest absolute Gasteiger partial charge is 0.534 e. The van der Waals surface area contributed by atoms with Crippen molar-refractivity contribution in [2.75, 3.05) is 0 Å². The lowest BCUT2D eigenvalue weighted by Gasteiger charge is -2.51. The van der Waals surface area contributed by atoms with Crippen LogP contribution < -0.4 is 9.50 Å². The van der Waals surface area contributed by atoms with Gasteiger partial charge in [-0.2, -0.15) is 21.6 Å². The van der Waals surface area contributed by atoms with Crippen molar-refractivity contribution in [3.63, 3.8) is 0 Å². The molecule has 0 aromatic heterocycles. The van der Waals surface area contributed by atoms with Crippen LogP contribution in [0.2, 0.25) is 0 Å². The maximum Gasteiger partial charge on any atom is 0.534 e. The van der Waals surface area contributed by atoms with E-state index in [-0.39, 0.29) is 34.9 Å². The molecular formula is C33H45F3N2O4S2. The first kappa shape index (κ1) is 32.1. The van der Waals surface area contributed by atoms with Gasteiger partial charge < -0.3 is 9.50 Å². The van der Waals surface area contributed by atoms with Crippen molar-refractivity contribution in [1.82, 2.24) is 10.2 Å². The van der Waals surface area contributed by atoms with Gasteiger partial charge in [-0.05, 0) is 123 Å². The zero-order valence-corrected chi connectivity index (χ0v) is 27.2. The van der Waals surface area contributed by atoms with Crippen LogP contribution in [0.5, 0.6) is 5.75 Å². The summed E-state index contributed by atoms with van der Waals surface area (Å²) in [6.45, 7) is 2.31. The van der Waals surface area contributed by atoms with Crippen molar-refractivity contribution in [2.24, 2.45) is 23.2 Å². The van der Waals surface area contributed by atoms with Crippen LogP contribution in [0.25, 0.3) is 0 Å². The molecule has 4 saturated carbocycles. The molecule has 1 N–H and O–H groups in total. The summed E-state index contributed by atoms with van der Waals surface area (Å²) >= 11 is 6.02. The van der Waals surface area contributed by atoms with E-state index in [0.29, 0.717) is 29.4 Å². The number of hydrogen-bond acceptors (Lipinski definition) is 5. The van der Waals surface area contributed by atoms with E-state index in [9.17, 15) is 26.4 Å². The van der Waals surface area contributed by atoms with Crippen LogP contribution in [-0.4, -0.2) is 41.9 Å². The van der Waals surface area contributed by atoms with Gasteiger partial charge in [0, 0.05) is 18.0 Å². The number of rotatable bonds is 5. The molecule has 0 bridgehead atoms. The fourth-order valence-corrected chi connectivity index (χ4v) is 10.5. The molecule has 1 aromatic carbocycles. The van der Waals surface area contributed by atoms with Gasteiger partial charge in [-0.1, -0.05) is 51.5 Å². The van der Waals surface area contributed by atoms with Gasteiger partial charge in [0.25, 0.3) is 0 Å². The number of alkyl halides is 3. The van der Waals surface area contributed by atoms with Crippen molar-refractivity contribution in [1.29, 1.82) is 0 Å². The molecule has 5 aliphatic rings. The summed E-state index contributed by atoms with van der Waals surface area (Å²) in [5, 5.41) is 4.25. The second-order valence-electron chi connectivity index (χ2n) is 14.2. The van der Waals surface area contributed by atoms with Gasteiger partial charge in [0.15, 0.2) is 5.11 Å². The molecule has 244 valence electrons. The number of amides is 1. The zero-order chi connectivity index (χ0) is 31.3. The lowest BCUT2D eigenvalue weighted by atomic mass is 9.54. The molecule has 0 saturated heterocycles. The summed E-state index contributed by atoms with van der Waals surface area (Å²) in [6, 6.07) is 5.08. The number of carbonyl (C=O) groups excluding carboxylic acids is 1. The highest BCUT2D eigenvalue weighted by Gasteiger charge is 2.58. The van der Waals surface area contributed by atoms with E-state index in [1.165, 1.54) is 37.8 Å². The molecule has 11 heteroatoms. The second-order valence-corrected chi connectivity index (χ2v) is 16.1. The van der Waals surface area contributed by atoms with Crippen LogP contribution in [0.3, 0.4) is 0 Å². The van der Waals surface area contributed by atoms with Crippen LogP contribution >= 0.6 is 12.2 Å². The maximum absolute atomic E-state index is 14.6. The van der Waals surface area contributed by atoms with Gasteiger partial charge in [0.2, 0.25) is 5.91 Å². The van der Waals surface area contributed by atoms with Gasteiger partial charge in [-0.3, -0.25) is 9.69 Å². The third kappa shape index (κ3) is 6.00. The number of benzene rings is 1. The predicted molar refractivity (Wildman–Crippen MR) is 166 cm³/mol. The quantitative estimate of drug-likeness (QED) is 0.199. The van der Waals surface area contributed by atoms with Gasteiger partial charge in [0.05, 0.1) is 0 Å². The number of carbonyl (C=O) groups is 1. The molecule has 4 fully saturated rings. The van der Waals surface area contributed by atoms with Crippen molar-refractivity contribution >= 4 is 33.4 Å². The Bertz CT molecular complexity index is 1360. The summed E-state index contributed by atoms with van der Waals surface area (Å²) in [5.41, 5.74) is -3.66. The van der Waals surface area contributed by atoms with E-state index in [4.69, 9.17) is 12.2 Å². The molecule has 0 unspecified atom stereocenters. The highest BCUT2D eigenvalue weighted by molar-refractivity contribution is 7.88. The van der Waals surface area contributed by atoms with Crippen LogP contribution in [0.1, 0.15) is 120 Å². The summed E-state index contributed by atoms with van der Waals surface area (Å²) in [7, 11) is -5.71. The molecule has 5 aliphatic carbocycles. The Balaban J connectivity index is 1.20.